The molecular formula is C11H17N. The van der Waals surface area contributed by atoms with Gasteiger partial charge in [-0.05, 0) is 17.9 Å². The summed E-state index contributed by atoms with van der Waals surface area (Å²) in [5.74, 6) is 0.469. The van der Waals surface area contributed by atoms with Gasteiger partial charge in [-0.25, -0.2) is 0 Å². The Kier molecular flexibility index (Phi) is 3.30. The van der Waals surface area contributed by atoms with E-state index >= 15 is 0 Å². The zero-order chi connectivity index (χ0) is 8.97. The summed E-state index contributed by atoms with van der Waals surface area (Å²) in [7, 11) is 0. The van der Waals surface area contributed by atoms with E-state index in [2.05, 4.69) is 38.1 Å². The van der Waals surface area contributed by atoms with Crippen LogP contribution in [0.25, 0.3) is 0 Å². The summed E-state index contributed by atoms with van der Waals surface area (Å²) in [5, 5.41) is 0. The van der Waals surface area contributed by atoms with Crippen LogP contribution in [0.15, 0.2) is 30.3 Å². The summed E-state index contributed by atoms with van der Waals surface area (Å²) in [6.45, 7) is 4.31. The van der Waals surface area contributed by atoms with Crippen LogP contribution in [0.4, 0.5) is 0 Å². The fraction of sp³-hybridized carbons (Fsp3) is 0.455. The van der Waals surface area contributed by atoms with Crippen LogP contribution in [-0.4, -0.2) is 6.04 Å². The van der Waals surface area contributed by atoms with Crippen molar-refractivity contribution in [3.63, 3.8) is 0 Å². The first kappa shape index (κ1) is 9.27. The molecule has 1 heteroatoms. The molecule has 0 amide bonds. The Morgan fingerprint density at radius 2 is 1.83 bits per heavy atom. The van der Waals surface area contributed by atoms with Gasteiger partial charge in [0, 0.05) is 6.04 Å². The molecule has 12 heavy (non-hydrogen) atoms. The minimum Gasteiger partial charge on any atom is -0.327 e. The monoisotopic (exact) mass is 163 g/mol. The van der Waals surface area contributed by atoms with Crippen LogP contribution >= 0.6 is 0 Å². The van der Waals surface area contributed by atoms with Crippen molar-refractivity contribution in [1.82, 2.24) is 0 Å². The van der Waals surface area contributed by atoms with Gasteiger partial charge in [-0.1, -0.05) is 44.2 Å². The van der Waals surface area contributed by atoms with E-state index in [1.54, 1.807) is 0 Å². The molecule has 0 aromatic heterocycles. The van der Waals surface area contributed by atoms with E-state index in [1.165, 1.54) is 5.56 Å². The normalized spacial score (nSPS) is 15.6. The van der Waals surface area contributed by atoms with Crippen molar-refractivity contribution in [3.8, 4) is 0 Å². The van der Waals surface area contributed by atoms with Crippen LogP contribution in [0.5, 0.6) is 0 Å². The molecule has 1 aromatic rings. The van der Waals surface area contributed by atoms with Gasteiger partial charge in [-0.2, -0.15) is 0 Å². The van der Waals surface area contributed by atoms with E-state index in [4.69, 9.17) is 5.73 Å². The van der Waals surface area contributed by atoms with Crippen LogP contribution in [-0.2, 0) is 0 Å². The Hall–Kier alpha value is -0.820. The van der Waals surface area contributed by atoms with E-state index in [9.17, 15) is 0 Å². The van der Waals surface area contributed by atoms with Crippen molar-refractivity contribution in [3.05, 3.63) is 35.9 Å². The van der Waals surface area contributed by atoms with Crippen LogP contribution in [0.3, 0.4) is 0 Å². The molecule has 0 unspecified atom stereocenters. The third kappa shape index (κ3) is 2.08. The van der Waals surface area contributed by atoms with Crippen LogP contribution < -0.4 is 5.73 Å². The van der Waals surface area contributed by atoms with Crippen molar-refractivity contribution in [2.75, 3.05) is 0 Å². The lowest BCUT2D eigenvalue weighted by Crippen LogP contribution is -2.25. The highest BCUT2D eigenvalue weighted by atomic mass is 14.6. The smallest absolute Gasteiger partial charge is 0.0103 e. The van der Waals surface area contributed by atoms with Crippen LogP contribution in [0.2, 0.25) is 0 Å². The zero-order valence-electron chi connectivity index (χ0n) is 7.83. The molecule has 0 bridgehead atoms. The van der Waals surface area contributed by atoms with Crippen molar-refractivity contribution < 1.29 is 0 Å². The van der Waals surface area contributed by atoms with Crippen molar-refractivity contribution in [2.24, 2.45) is 5.73 Å². The van der Waals surface area contributed by atoms with Gasteiger partial charge in [0.1, 0.15) is 0 Å². The molecule has 1 rings (SSSR count). The third-order valence-corrected chi connectivity index (χ3v) is 2.44. The molecule has 0 radical (unpaired) electrons. The third-order valence-electron chi connectivity index (χ3n) is 2.44. The van der Waals surface area contributed by atoms with E-state index in [0.29, 0.717) is 5.92 Å². The Morgan fingerprint density at radius 1 is 1.25 bits per heavy atom. The molecule has 0 spiro atoms. The maximum absolute atomic E-state index is 5.95. The van der Waals surface area contributed by atoms with Crippen LogP contribution in [0.1, 0.15) is 31.7 Å². The van der Waals surface area contributed by atoms with Gasteiger partial charge in [0.25, 0.3) is 0 Å². The quantitative estimate of drug-likeness (QED) is 0.728. The average Bonchev–Trinajstić information content (AvgIpc) is 2.17. The van der Waals surface area contributed by atoms with Crippen molar-refractivity contribution in [2.45, 2.75) is 32.2 Å². The number of benzene rings is 1. The fourth-order valence-corrected chi connectivity index (χ4v) is 1.36. The van der Waals surface area contributed by atoms with E-state index < -0.39 is 0 Å². The average molecular weight is 163 g/mol. The summed E-state index contributed by atoms with van der Waals surface area (Å²) >= 11 is 0. The molecule has 2 N–H and O–H groups in total. The molecule has 2 atom stereocenters. The lowest BCUT2D eigenvalue weighted by atomic mass is 9.92. The first-order valence-electron chi connectivity index (χ1n) is 4.56. The Bertz CT molecular complexity index is 218. The largest absolute Gasteiger partial charge is 0.327 e. The van der Waals surface area contributed by atoms with Gasteiger partial charge in [0.05, 0.1) is 0 Å². The summed E-state index contributed by atoms with van der Waals surface area (Å²) in [6, 6.07) is 10.7. The second-order valence-electron chi connectivity index (χ2n) is 3.27. The molecule has 0 saturated heterocycles. The second kappa shape index (κ2) is 4.27. The maximum Gasteiger partial charge on any atom is 0.0103 e. The SMILES string of the molecule is CC[C@H](N)[C@@H](C)c1ccccc1. The molecule has 0 aliphatic heterocycles. The first-order valence-corrected chi connectivity index (χ1v) is 4.56. The molecule has 0 fully saturated rings. The highest BCUT2D eigenvalue weighted by molar-refractivity contribution is 5.20. The van der Waals surface area contributed by atoms with Crippen LogP contribution in [0, 0.1) is 0 Å². The Morgan fingerprint density at radius 3 is 2.33 bits per heavy atom. The summed E-state index contributed by atoms with van der Waals surface area (Å²) in [4.78, 5) is 0. The highest BCUT2D eigenvalue weighted by Gasteiger charge is 2.11. The van der Waals surface area contributed by atoms with Gasteiger partial charge in [-0.15, -0.1) is 0 Å². The number of hydrogen-bond acceptors (Lipinski definition) is 1. The van der Waals surface area contributed by atoms with Gasteiger partial charge in [0.2, 0.25) is 0 Å². The predicted molar refractivity (Wildman–Crippen MR) is 53.1 cm³/mol. The van der Waals surface area contributed by atoms with Gasteiger partial charge in [0.15, 0.2) is 0 Å². The molecule has 1 nitrogen and oxygen atoms in total. The standard InChI is InChI=1S/C11H17N/c1-3-11(12)9(2)10-7-5-4-6-8-10/h4-9,11H,3,12H2,1-2H3/t9-,11-/m0/s1. The van der Waals surface area contributed by atoms with E-state index in [-0.39, 0.29) is 6.04 Å². The minimum absolute atomic E-state index is 0.285. The van der Waals surface area contributed by atoms with Gasteiger partial charge in [-0.3, -0.25) is 0 Å². The van der Waals surface area contributed by atoms with Crippen molar-refractivity contribution in [1.29, 1.82) is 0 Å². The molecular weight excluding hydrogens is 146 g/mol. The molecule has 1 aromatic carbocycles. The Labute approximate surface area is 74.6 Å². The number of nitrogens with two attached hydrogens (primary N) is 1. The topological polar surface area (TPSA) is 26.0 Å². The first-order chi connectivity index (χ1) is 5.75. The lowest BCUT2D eigenvalue weighted by molar-refractivity contribution is 0.551. The maximum atomic E-state index is 5.95. The second-order valence-corrected chi connectivity index (χ2v) is 3.27. The number of hydrogen-bond donors (Lipinski definition) is 1. The minimum atomic E-state index is 0.285. The number of rotatable bonds is 3. The van der Waals surface area contributed by atoms with E-state index in [0.717, 1.165) is 6.42 Å². The van der Waals surface area contributed by atoms with Gasteiger partial charge >= 0.3 is 0 Å². The summed E-state index contributed by atoms with van der Waals surface area (Å²) < 4.78 is 0. The molecule has 66 valence electrons. The zero-order valence-corrected chi connectivity index (χ0v) is 7.83. The summed E-state index contributed by atoms with van der Waals surface area (Å²) in [5.41, 5.74) is 7.29. The predicted octanol–water partition coefficient (Wildman–Crippen LogP) is 2.53. The lowest BCUT2D eigenvalue weighted by Gasteiger charge is -2.18. The summed E-state index contributed by atoms with van der Waals surface area (Å²) in [6.07, 6.45) is 1.04. The molecule has 0 aliphatic rings. The fourth-order valence-electron chi connectivity index (χ4n) is 1.36. The van der Waals surface area contributed by atoms with Gasteiger partial charge < -0.3 is 5.73 Å². The Balaban J connectivity index is 2.71. The highest BCUT2D eigenvalue weighted by Crippen LogP contribution is 2.18. The molecule has 0 heterocycles. The van der Waals surface area contributed by atoms with E-state index in [1.807, 2.05) is 6.07 Å². The molecule has 0 saturated carbocycles. The van der Waals surface area contributed by atoms with Crippen molar-refractivity contribution >= 4 is 0 Å². The molecule has 0 aliphatic carbocycles.